The third-order valence-corrected chi connectivity index (χ3v) is 12.5. The molecule has 0 saturated carbocycles. The molecule has 5 aromatic heterocycles. The molecule has 1 unspecified atom stereocenters. The van der Waals surface area contributed by atoms with Gasteiger partial charge in [-0.3, -0.25) is 27.9 Å². The molecule has 3 aliphatic rings. The van der Waals surface area contributed by atoms with Gasteiger partial charge < -0.3 is 43.7 Å². The molecule has 1 aromatic carbocycles. The molecule has 3 N–H and O–H groups in total. The minimum absolute atomic E-state index is 0.0377. The first kappa shape index (κ1) is 43.9. The van der Waals surface area contributed by atoms with Crippen LogP contribution in [0.25, 0.3) is 33.2 Å². The SMILES string of the molecule is C=C[C@H]1C[NH+]2CC[C@H]1C[C@H]2[C@H](O)c1cc[nH+]c2ccc(OC)cc12.Cn1c(=O)c2c(nc(Br)n2CC(=O)[O-])n(C)c1=O.Cn1c(=O)c2c(nc(Br)n2CC(=O)[O-])n(C)c1=O. The number of ether oxygens (including phenoxy) is 1. The summed E-state index contributed by atoms with van der Waals surface area (Å²) in [5, 5.41) is 33.5. The van der Waals surface area contributed by atoms with Crippen LogP contribution in [0.2, 0.25) is 0 Å². The first-order valence-corrected chi connectivity index (χ1v) is 20.1. The molecule has 8 heterocycles. The Morgan fingerprint density at radius 2 is 1.47 bits per heavy atom. The topological polar surface area (TPSA) is 252 Å². The molecule has 0 amide bonds. The first-order valence-electron chi connectivity index (χ1n) is 18.6. The van der Waals surface area contributed by atoms with Gasteiger partial charge in [-0.2, -0.15) is 0 Å². The second-order valence-electron chi connectivity index (χ2n) is 14.6. The van der Waals surface area contributed by atoms with Crippen molar-refractivity contribution in [3.05, 3.63) is 99.8 Å². The van der Waals surface area contributed by atoms with E-state index in [1.54, 1.807) is 7.11 Å². The number of hydrogen-bond acceptors (Lipinski definition) is 12. The number of nitrogens with one attached hydrogen (secondary N) is 2. The summed E-state index contributed by atoms with van der Waals surface area (Å²) in [5.41, 5.74) is 0.0836. The maximum absolute atomic E-state index is 12.0. The van der Waals surface area contributed by atoms with E-state index in [4.69, 9.17) is 4.74 Å². The zero-order chi connectivity index (χ0) is 43.9. The summed E-state index contributed by atoms with van der Waals surface area (Å²) in [6.07, 6.45) is 5.93. The van der Waals surface area contributed by atoms with E-state index in [0.29, 0.717) is 11.8 Å². The van der Waals surface area contributed by atoms with Crippen LogP contribution >= 0.6 is 31.9 Å². The van der Waals surface area contributed by atoms with Crippen LogP contribution in [-0.2, 0) is 50.9 Å². The minimum Gasteiger partial charge on any atom is -0.548 e. The molecular formula is C38H42Br2N10O10. The fraction of sp³-hybridized carbons (Fsp3) is 0.395. The molecule has 3 aliphatic heterocycles. The number of fused-ring (bicyclic) bond motifs is 6. The van der Waals surface area contributed by atoms with E-state index in [1.165, 1.54) is 48.6 Å². The minimum atomic E-state index is -1.36. The number of aromatic amines is 1. The van der Waals surface area contributed by atoms with Gasteiger partial charge in [0.05, 0.1) is 50.6 Å². The number of carboxylic acids is 2. The maximum atomic E-state index is 12.0. The van der Waals surface area contributed by atoms with E-state index < -0.39 is 53.6 Å². The number of rotatable bonds is 8. The third-order valence-electron chi connectivity index (χ3n) is 11.2. The van der Waals surface area contributed by atoms with Gasteiger partial charge in [0.15, 0.2) is 38.0 Å². The molecular weight excluding hydrogens is 916 g/mol. The third kappa shape index (κ3) is 8.10. The number of H-pyrrole nitrogens is 1. The Bertz CT molecular complexity index is 2800. The Hall–Kier alpha value is -5.71. The molecule has 2 bridgehead atoms. The Balaban J connectivity index is 0.000000154. The average molecular weight is 959 g/mol. The second kappa shape index (κ2) is 17.5. The average Bonchev–Trinajstić information content (AvgIpc) is 3.74. The van der Waals surface area contributed by atoms with E-state index in [1.807, 2.05) is 30.5 Å². The van der Waals surface area contributed by atoms with Crippen LogP contribution in [0.5, 0.6) is 5.75 Å². The highest BCUT2D eigenvalue weighted by atomic mass is 79.9. The number of hydrogen-bond donors (Lipinski definition) is 2. The van der Waals surface area contributed by atoms with Gasteiger partial charge in [-0.25, -0.2) is 24.5 Å². The number of aliphatic hydroxyl groups excluding tert-OH is 1. The molecule has 6 aromatic rings. The van der Waals surface area contributed by atoms with E-state index >= 15 is 0 Å². The number of methoxy groups -OCH3 is 1. The molecule has 5 atom stereocenters. The monoisotopic (exact) mass is 956 g/mol. The van der Waals surface area contributed by atoms with Crippen LogP contribution in [0.4, 0.5) is 0 Å². The van der Waals surface area contributed by atoms with Crippen LogP contribution < -0.4 is 47.3 Å². The number of carbonyl (C=O) groups excluding carboxylic acids is 2. The van der Waals surface area contributed by atoms with Gasteiger partial charge >= 0.3 is 11.4 Å². The summed E-state index contributed by atoms with van der Waals surface area (Å²) in [6.45, 7) is 5.22. The number of aliphatic carboxylic acids is 2. The molecule has 60 heavy (non-hydrogen) atoms. The highest BCUT2D eigenvalue weighted by Gasteiger charge is 2.46. The fourth-order valence-electron chi connectivity index (χ4n) is 8.09. The summed E-state index contributed by atoms with van der Waals surface area (Å²) in [7, 11) is 7.21. The lowest BCUT2D eigenvalue weighted by molar-refractivity contribution is -0.949. The number of carboxylic acid groups (broad SMARTS) is 2. The summed E-state index contributed by atoms with van der Waals surface area (Å²) in [6, 6.07) is 8.26. The molecule has 20 nitrogen and oxygen atoms in total. The van der Waals surface area contributed by atoms with Crippen molar-refractivity contribution in [2.75, 3.05) is 20.2 Å². The van der Waals surface area contributed by atoms with Gasteiger partial charge in [-0.05, 0) is 49.9 Å². The zero-order valence-electron chi connectivity index (χ0n) is 33.2. The van der Waals surface area contributed by atoms with Gasteiger partial charge in [0, 0.05) is 64.6 Å². The summed E-state index contributed by atoms with van der Waals surface area (Å²) in [4.78, 5) is 81.3. The maximum Gasteiger partial charge on any atom is 0.332 e. The van der Waals surface area contributed by atoms with Crippen LogP contribution in [0.3, 0.4) is 0 Å². The van der Waals surface area contributed by atoms with Crippen molar-refractivity contribution in [1.29, 1.82) is 0 Å². The highest BCUT2D eigenvalue weighted by Crippen LogP contribution is 2.34. The fourth-order valence-corrected chi connectivity index (χ4v) is 9.04. The summed E-state index contributed by atoms with van der Waals surface area (Å²) >= 11 is 6.11. The number of pyridine rings is 1. The molecule has 22 heteroatoms. The smallest absolute Gasteiger partial charge is 0.332 e. The van der Waals surface area contributed by atoms with E-state index in [-0.39, 0.29) is 37.8 Å². The number of aliphatic hydroxyl groups is 1. The lowest BCUT2D eigenvalue weighted by Crippen LogP contribution is -3.20. The number of aromatic nitrogens is 9. The number of nitrogens with zero attached hydrogens (tertiary/aromatic N) is 8. The van der Waals surface area contributed by atoms with Crippen LogP contribution in [0, 0.1) is 11.8 Å². The quantitative estimate of drug-likeness (QED) is 0.115. The molecule has 318 valence electrons. The first-order chi connectivity index (χ1) is 28.4. The summed E-state index contributed by atoms with van der Waals surface area (Å²) < 4.78 is 12.1. The van der Waals surface area contributed by atoms with Crippen molar-refractivity contribution in [2.45, 2.75) is 38.1 Å². The molecule has 0 spiro atoms. The van der Waals surface area contributed by atoms with E-state index in [9.17, 15) is 44.1 Å². The lowest BCUT2D eigenvalue weighted by Gasteiger charge is -2.47. The molecule has 0 aliphatic carbocycles. The van der Waals surface area contributed by atoms with Crippen LogP contribution in [-0.4, -0.2) is 80.7 Å². The predicted molar refractivity (Wildman–Crippen MR) is 219 cm³/mol. The lowest BCUT2D eigenvalue weighted by atomic mass is 9.73. The van der Waals surface area contributed by atoms with Crippen molar-refractivity contribution in [3.8, 4) is 5.75 Å². The number of piperidine rings is 3. The molecule has 0 radical (unpaired) electrons. The Morgan fingerprint density at radius 3 is 1.92 bits per heavy atom. The number of imidazole rings is 2. The number of aryl methyl sites for hydroxylation is 2. The largest absolute Gasteiger partial charge is 0.548 e. The van der Waals surface area contributed by atoms with Crippen LogP contribution in [0.15, 0.2) is 71.8 Å². The van der Waals surface area contributed by atoms with Crippen molar-refractivity contribution in [1.82, 2.24) is 37.4 Å². The number of carbonyl (C=O) groups is 2. The Morgan fingerprint density at radius 1 is 0.933 bits per heavy atom. The molecule has 9 rings (SSSR count). The predicted octanol–water partition coefficient (Wildman–Crippen LogP) is -2.93. The van der Waals surface area contributed by atoms with Crippen molar-refractivity contribution in [2.24, 2.45) is 40.0 Å². The molecule has 3 saturated heterocycles. The van der Waals surface area contributed by atoms with Gasteiger partial charge in [0.2, 0.25) is 5.52 Å². The van der Waals surface area contributed by atoms with E-state index in [2.05, 4.69) is 59.5 Å². The van der Waals surface area contributed by atoms with Gasteiger partial charge in [-0.15, -0.1) is 6.58 Å². The van der Waals surface area contributed by atoms with Gasteiger partial charge in [-0.1, -0.05) is 6.08 Å². The highest BCUT2D eigenvalue weighted by molar-refractivity contribution is 9.10. The second-order valence-corrected chi connectivity index (χ2v) is 16.0. The van der Waals surface area contributed by atoms with Gasteiger partial charge in [0.25, 0.3) is 11.1 Å². The Labute approximate surface area is 356 Å². The number of quaternary nitrogens is 1. The summed E-state index contributed by atoms with van der Waals surface area (Å²) in [5.74, 6) is -0.606. The molecule has 3 fully saturated rings. The van der Waals surface area contributed by atoms with Crippen LogP contribution in [0.1, 0.15) is 24.5 Å². The van der Waals surface area contributed by atoms with Crippen molar-refractivity contribution in [3.63, 3.8) is 0 Å². The van der Waals surface area contributed by atoms with Crippen molar-refractivity contribution >= 4 is 77.0 Å². The van der Waals surface area contributed by atoms with E-state index in [0.717, 1.165) is 60.0 Å². The standard InChI is InChI=1S/C20H24N2O2.2C9H9BrN4O4/c1-3-13-12-22-9-7-14(13)10-19(22)20(23)16-6-8-21-18-5-4-15(24-2)11-17(16)18;2*1-12-6-5(7(17)13(2)9(12)18)14(3-4(15)16)8(10)11-6/h3-6,8,11,13-14,19-20,23H,1,7,9-10,12H2,2H3;2*3H2,1-2H3,(H,15,16)/t13-,14-,19-,20+;;/m0../s1. The number of benzene rings is 1. The zero-order valence-corrected chi connectivity index (χ0v) is 36.4. The van der Waals surface area contributed by atoms with Crippen molar-refractivity contribution < 1.29 is 39.5 Å². The normalized spacial score (nSPS) is 18.7. The van der Waals surface area contributed by atoms with Gasteiger partial charge in [0.1, 0.15) is 17.9 Å². The number of halogens is 2. The Kier molecular flexibility index (Phi) is 12.8.